The summed E-state index contributed by atoms with van der Waals surface area (Å²) in [7, 11) is 0. The third kappa shape index (κ3) is 4.28. The maximum Gasteiger partial charge on any atom is 0.143 e. The van der Waals surface area contributed by atoms with Crippen LogP contribution in [0.5, 0.6) is 0 Å². The highest BCUT2D eigenvalue weighted by molar-refractivity contribution is 5.82. The number of hydrogen-bond acceptors (Lipinski definition) is 2. The van der Waals surface area contributed by atoms with Gasteiger partial charge in [0.25, 0.3) is 0 Å². The first-order chi connectivity index (χ1) is 9.97. The van der Waals surface area contributed by atoms with Crippen molar-refractivity contribution in [3.63, 3.8) is 0 Å². The molecule has 0 aliphatic carbocycles. The molecule has 0 N–H and O–H groups in total. The molecular weight excluding hydrogens is 260 g/mol. The van der Waals surface area contributed by atoms with Crippen LogP contribution in [0.15, 0.2) is 30.5 Å². The lowest BCUT2D eigenvalue weighted by molar-refractivity contribution is -0.117. The number of rotatable bonds is 6. The Balaban J connectivity index is 1.99. The van der Waals surface area contributed by atoms with Crippen molar-refractivity contribution in [2.75, 3.05) is 0 Å². The molecule has 21 heavy (non-hydrogen) atoms. The molecule has 0 amide bonds. The van der Waals surface area contributed by atoms with Crippen molar-refractivity contribution >= 4 is 5.78 Å². The van der Waals surface area contributed by atoms with E-state index in [0.717, 1.165) is 17.7 Å². The Hall–Kier alpha value is -1.90. The first kappa shape index (κ1) is 15.5. The summed E-state index contributed by atoms with van der Waals surface area (Å²) < 4.78 is 1.94. The lowest BCUT2D eigenvalue weighted by Crippen LogP contribution is -2.09. The SMILES string of the molecule is CCC(C)n1ccc(CC(=O)Cc2cc(C)cc(C)c2)n1. The van der Waals surface area contributed by atoms with Gasteiger partial charge in [0.05, 0.1) is 12.1 Å². The Morgan fingerprint density at radius 3 is 2.48 bits per heavy atom. The van der Waals surface area contributed by atoms with Crippen LogP contribution in [0.2, 0.25) is 0 Å². The second kappa shape index (κ2) is 6.70. The number of carbonyl (C=O) groups excluding carboxylic acids is 1. The molecule has 112 valence electrons. The lowest BCUT2D eigenvalue weighted by Gasteiger charge is -2.08. The quantitative estimate of drug-likeness (QED) is 0.808. The highest BCUT2D eigenvalue weighted by atomic mass is 16.1. The minimum absolute atomic E-state index is 0.217. The van der Waals surface area contributed by atoms with Crippen molar-refractivity contribution in [2.45, 2.75) is 53.0 Å². The average molecular weight is 284 g/mol. The fourth-order valence-corrected chi connectivity index (χ4v) is 2.57. The van der Waals surface area contributed by atoms with Crippen molar-refractivity contribution in [1.82, 2.24) is 9.78 Å². The van der Waals surface area contributed by atoms with E-state index in [9.17, 15) is 4.79 Å². The van der Waals surface area contributed by atoms with E-state index in [1.807, 2.05) is 16.9 Å². The highest BCUT2D eigenvalue weighted by Crippen LogP contribution is 2.12. The molecule has 1 aromatic heterocycles. The molecule has 2 aromatic rings. The van der Waals surface area contributed by atoms with Crippen LogP contribution in [0.25, 0.3) is 0 Å². The minimum Gasteiger partial charge on any atom is -0.299 e. The molecule has 1 heterocycles. The van der Waals surface area contributed by atoms with Gasteiger partial charge < -0.3 is 0 Å². The maximum absolute atomic E-state index is 12.2. The number of hydrogen-bond donors (Lipinski definition) is 0. The van der Waals surface area contributed by atoms with Crippen LogP contribution in [0.1, 0.15) is 48.7 Å². The molecule has 0 bridgehead atoms. The topological polar surface area (TPSA) is 34.9 Å². The Labute approximate surface area is 127 Å². The first-order valence-corrected chi connectivity index (χ1v) is 7.61. The standard InChI is InChI=1S/C18H24N2O/c1-5-15(4)20-7-6-17(19-20)12-18(21)11-16-9-13(2)8-14(3)10-16/h6-10,15H,5,11-12H2,1-4H3. The summed E-state index contributed by atoms with van der Waals surface area (Å²) in [6, 6.07) is 8.63. The molecule has 1 aromatic carbocycles. The number of aryl methyl sites for hydroxylation is 2. The summed E-state index contributed by atoms with van der Waals surface area (Å²) in [6.07, 6.45) is 3.90. The van der Waals surface area contributed by atoms with Crippen LogP contribution in [-0.4, -0.2) is 15.6 Å². The van der Waals surface area contributed by atoms with Gasteiger partial charge in [-0.3, -0.25) is 9.48 Å². The molecular formula is C18H24N2O. The van der Waals surface area contributed by atoms with Gasteiger partial charge in [-0.15, -0.1) is 0 Å². The van der Waals surface area contributed by atoms with Gasteiger partial charge in [-0.05, 0) is 38.8 Å². The van der Waals surface area contributed by atoms with E-state index in [0.29, 0.717) is 18.9 Å². The van der Waals surface area contributed by atoms with E-state index in [-0.39, 0.29) is 5.78 Å². The minimum atomic E-state index is 0.217. The number of Topliss-reactive ketones (excluding diaryl/α,β-unsaturated/α-hetero) is 1. The smallest absolute Gasteiger partial charge is 0.143 e. The monoisotopic (exact) mass is 284 g/mol. The normalized spacial score (nSPS) is 12.4. The molecule has 0 aliphatic rings. The van der Waals surface area contributed by atoms with Crippen molar-refractivity contribution in [3.05, 3.63) is 52.8 Å². The molecule has 0 spiro atoms. The van der Waals surface area contributed by atoms with E-state index in [2.05, 4.69) is 51.0 Å². The molecule has 0 saturated heterocycles. The zero-order valence-electron chi connectivity index (χ0n) is 13.4. The van der Waals surface area contributed by atoms with E-state index < -0.39 is 0 Å². The van der Waals surface area contributed by atoms with E-state index in [1.165, 1.54) is 11.1 Å². The Bertz CT molecular complexity index is 608. The zero-order chi connectivity index (χ0) is 15.4. The molecule has 3 heteroatoms. The summed E-state index contributed by atoms with van der Waals surface area (Å²) in [5.41, 5.74) is 4.38. The van der Waals surface area contributed by atoms with Gasteiger partial charge in [-0.2, -0.15) is 5.10 Å². The van der Waals surface area contributed by atoms with Crippen LogP contribution in [0.3, 0.4) is 0 Å². The van der Waals surface area contributed by atoms with Crippen LogP contribution in [0, 0.1) is 13.8 Å². The Morgan fingerprint density at radius 1 is 1.19 bits per heavy atom. The largest absolute Gasteiger partial charge is 0.299 e. The van der Waals surface area contributed by atoms with Gasteiger partial charge >= 0.3 is 0 Å². The lowest BCUT2D eigenvalue weighted by atomic mass is 10.0. The molecule has 0 aliphatic heterocycles. The van der Waals surface area contributed by atoms with Crippen LogP contribution >= 0.6 is 0 Å². The number of aromatic nitrogens is 2. The molecule has 2 rings (SSSR count). The zero-order valence-corrected chi connectivity index (χ0v) is 13.4. The highest BCUT2D eigenvalue weighted by Gasteiger charge is 2.10. The Morgan fingerprint density at radius 2 is 1.86 bits per heavy atom. The van der Waals surface area contributed by atoms with E-state index in [1.54, 1.807) is 0 Å². The molecule has 0 saturated carbocycles. The van der Waals surface area contributed by atoms with E-state index in [4.69, 9.17) is 0 Å². The Kier molecular flexibility index (Phi) is 4.94. The molecule has 1 atom stereocenters. The summed E-state index contributed by atoms with van der Waals surface area (Å²) in [4.78, 5) is 12.2. The third-order valence-electron chi connectivity index (χ3n) is 3.77. The van der Waals surface area contributed by atoms with Gasteiger partial charge in [0.15, 0.2) is 0 Å². The number of benzene rings is 1. The van der Waals surface area contributed by atoms with Gasteiger partial charge in [-0.25, -0.2) is 0 Å². The predicted octanol–water partition coefficient (Wildman–Crippen LogP) is 3.83. The summed E-state index contributed by atoms with van der Waals surface area (Å²) >= 11 is 0. The van der Waals surface area contributed by atoms with Crippen molar-refractivity contribution in [3.8, 4) is 0 Å². The van der Waals surface area contributed by atoms with Gasteiger partial charge in [0.2, 0.25) is 0 Å². The van der Waals surface area contributed by atoms with Crippen LogP contribution in [-0.2, 0) is 17.6 Å². The number of nitrogens with zero attached hydrogens (tertiary/aromatic N) is 2. The average Bonchev–Trinajstić information content (AvgIpc) is 2.84. The molecule has 1 unspecified atom stereocenters. The maximum atomic E-state index is 12.2. The van der Waals surface area contributed by atoms with Crippen molar-refractivity contribution in [1.29, 1.82) is 0 Å². The fraction of sp³-hybridized carbons (Fsp3) is 0.444. The van der Waals surface area contributed by atoms with Crippen LogP contribution in [0.4, 0.5) is 0 Å². The molecule has 0 fully saturated rings. The van der Waals surface area contributed by atoms with Gasteiger partial charge in [0, 0.05) is 18.7 Å². The van der Waals surface area contributed by atoms with Gasteiger partial charge in [-0.1, -0.05) is 36.2 Å². The van der Waals surface area contributed by atoms with Crippen molar-refractivity contribution in [2.24, 2.45) is 0 Å². The summed E-state index contributed by atoms with van der Waals surface area (Å²) in [5, 5.41) is 4.49. The molecule has 0 radical (unpaired) electrons. The van der Waals surface area contributed by atoms with Crippen molar-refractivity contribution < 1.29 is 4.79 Å². The number of ketones is 1. The second-order valence-corrected chi connectivity index (χ2v) is 5.93. The predicted molar refractivity (Wildman–Crippen MR) is 85.6 cm³/mol. The second-order valence-electron chi connectivity index (χ2n) is 5.93. The first-order valence-electron chi connectivity index (χ1n) is 7.61. The number of carbonyl (C=O) groups is 1. The molecule has 3 nitrogen and oxygen atoms in total. The van der Waals surface area contributed by atoms with E-state index >= 15 is 0 Å². The van der Waals surface area contributed by atoms with Crippen LogP contribution < -0.4 is 0 Å². The van der Waals surface area contributed by atoms with Gasteiger partial charge in [0.1, 0.15) is 5.78 Å². The fourth-order valence-electron chi connectivity index (χ4n) is 2.57. The summed E-state index contributed by atoms with van der Waals surface area (Å²) in [6.45, 7) is 8.40. The third-order valence-corrected chi connectivity index (χ3v) is 3.77. The summed E-state index contributed by atoms with van der Waals surface area (Å²) in [5.74, 6) is 0.217.